The molecule has 4 rings (SSSR count). The monoisotopic (exact) mass is 571 g/mol. The predicted molar refractivity (Wildman–Crippen MR) is 148 cm³/mol. The SMILES string of the molecule is Cc1cccc(-n2nc(C(=O)N3CCOCC3)c(C)c2Oc2ccc([N+](=O)[O-])cc2S(=O)(=O)NC(C)(C)C)c1C. The van der Waals surface area contributed by atoms with Crippen molar-refractivity contribution in [1.82, 2.24) is 19.4 Å². The van der Waals surface area contributed by atoms with Crippen LogP contribution in [0.25, 0.3) is 5.69 Å². The van der Waals surface area contributed by atoms with Crippen LogP contribution in [0.15, 0.2) is 41.3 Å². The number of amides is 1. The number of nitro benzene ring substituents is 1. The fourth-order valence-corrected chi connectivity index (χ4v) is 5.88. The third-order valence-corrected chi connectivity index (χ3v) is 8.23. The first-order valence-corrected chi connectivity index (χ1v) is 14.2. The van der Waals surface area contributed by atoms with Crippen molar-refractivity contribution in [3.05, 3.63) is 68.9 Å². The minimum Gasteiger partial charge on any atom is -0.437 e. The lowest BCUT2D eigenvalue weighted by molar-refractivity contribution is -0.385. The van der Waals surface area contributed by atoms with E-state index in [1.807, 2.05) is 32.0 Å². The molecule has 13 heteroatoms. The molecular formula is C27H33N5O7S. The van der Waals surface area contributed by atoms with E-state index in [9.17, 15) is 23.3 Å². The first kappa shape index (κ1) is 29.2. The summed E-state index contributed by atoms with van der Waals surface area (Å²) in [6.07, 6.45) is 0. The van der Waals surface area contributed by atoms with Crippen LogP contribution in [0.2, 0.25) is 0 Å². The van der Waals surface area contributed by atoms with E-state index in [-0.39, 0.29) is 23.2 Å². The number of nitro groups is 1. The van der Waals surface area contributed by atoms with Gasteiger partial charge in [0.25, 0.3) is 11.6 Å². The molecule has 1 saturated heterocycles. The fourth-order valence-electron chi connectivity index (χ4n) is 4.31. The lowest BCUT2D eigenvalue weighted by atomic mass is 10.1. The van der Waals surface area contributed by atoms with E-state index in [2.05, 4.69) is 9.82 Å². The first-order chi connectivity index (χ1) is 18.7. The minimum atomic E-state index is -4.25. The van der Waals surface area contributed by atoms with Gasteiger partial charge in [-0.2, -0.15) is 9.78 Å². The summed E-state index contributed by atoms with van der Waals surface area (Å²) >= 11 is 0. The van der Waals surface area contributed by atoms with Gasteiger partial charge in [0.2, 0.25) is 15.9 Å². The van der Waals surface area contributed by atoms with Crippen LogP contribution in [0.5, 0.6) is 11.6 Å². The van der Waals surface area contributed by atoms with Crippen molar-refractivity contribution in [2.75, 3.05) is 26.3 Å². The molecule has 0 aliphatic carbocycles. The van der Waals surface area contributed by atoms with Crippen molar-refractivity contribution in [2.45, 2.75) is 52.0 Å². The van der Waals surface area contributed by atoms with Gasteiger partial charge in [-0.25, -0.2) is 13.1 Å². The largest absolute Gasteiger partial charge is 0.437 e. The first-order valence-electron chi connectivity index (χ1n) is 12.7. The molecule has 0 bridgehead atoms. The van der Waals surface area contributed by atoms with E-state index in [1.165, 1.54) is 16.8 Å². The standard InChI is InChI=1S/C27H33N5O7S/c1-17-8-7-9-21(18(17)2)31-26(19(3)24(28-31)25(33)30-12-14-38-15-13-30)39-22-11-10-20(32(34)35)16-23(22)40(36,37)29-27(4,5)6/h7-11,16,29H,12-15H2,1-6H3. The maximum absolute atomic E-state index is 13.5. The highest BCUT2D eigenvalue weighted by molar-refractivity contribution is 7.89. The average molecular weight is 572 g/mol. The quantitative estimate of drug-likeness (QED) is 0.330. The Morgan fingerprint density at radius 3 is 2.40 bits per heavy atom. The number of rotatable bonds is 7. The van der Waals surface area contributed by atoms with Crippen LogP contribution in [0, 0.1) is 30.9 Å². The maximum Gasteiger partial charge on any atom is 0.274 e. The van der Waals surface area contributed by atoms with Gasteiger partial charge >= 0.3 is 0 Å². The van der Waals surface area contributed by atoms with Gasteiger partial charge in [-0.1, -0.05) is 12.1 Å². The van der Waals surface area contributed by atoms with Crippen molar-refractivity contribution in [1.29, 1.82) is 0 Å². The Hall–Kier alpha value is -3.81. The summed E-state index contributed by atoms with van der Waals surface area (Å²) in [7, 11) is -4.25. The van der Waals surface area contributed by atoms with Crippen LogP contribution in [-0.2, 0) is 14.8 Å². The number of nitrogens with zero attached hydrogens (tertiary/aromatic N) is 4. The second-order valence-electron chi connectivity index (χ2n) is 10.7. The Labute approximate surface area is 233 Å². The van der Waals surface area contributed by atoms with Gasteiger partial charge in [-0.15, -0.1) is 0 Å². The Balaban J connectivity index is 1.90. The summed E-state index contributed by atoms with van der Waals surface area (Å²) in [5.74, 6) is -0.339. The number of hydrogen-bond acceptors (Lipinski definition) is 8. The number of sulfonamides is 1. The molecular weight excluding hydrogens is 538 g/mol. The summed E-state index contributed by atoms with van der Waals surface area (Å²) in [5, 5.41) is 16.1. The van der Waals surface area contributed by atoms with E-state index in [0.29, 0.717) is 37.6 Å². The van der Waals surface area contributed by atoms with Crippen molar-refractivity contribution in [2.24, 2.45) is 0 Å². The highest BCUT2D eigenvalue weighted by atomic mass is 32.2. The molecule has 0 radical (unpaired) electrons. The molecule has 2 aromatic carbocycles. The fraction of sp³-hybridized carbons (Fsp3) is 0.407. The van der Waals surface area contributed by atoms with Gasteiger partial charge in [0.05, 0.1) is 23.8 Å². The number of hydrogen-bond donors (Lipinski definition) is 1. The highest BCUT2D eigenvalue weighted by Gasteiger charge is 2.31. The molecule has 1 amide bonds. The maximum atomic E-state index is 13.5. The van der Waals surface area contributed by atoms with Crippen LogP contribution in [-0.4, -0.2) is 65.8 Å². The smallest absolute Gasteiger partial charge is 0.274 e. The molecule has 0 spiro atoms. The number of aromatic nitrogens is 2. The number of benzene rings is 2. The molecule has 40 heavy (non-hydrogen) atoms. The van der Waals surface area contributed by atoms with Crippen LogP contribution >= 0.6 is 0 Å². The molecule has 1 aliphatic heterocycles. The lowest BCUT2D eigenvalue weighted by Gasteiger charge is -2.26. The lowest BCUT2D eigenvalue weighted by Crippen LogP contribution is -2.41. The summed E-state index contributed by atoms with van der Waals surface area (Å²) in [5.41, 5.74) is 1.76. The summed E-state index contributed by atoms with van der Waals surface area (Å²) in [6, 6.07) is 8.96. The number of aryl methyl sites for hydroxylation is 1. The van der Waals surface area contributed by atoms with Gasteiger partial charge in [-0.3, -0.25) is 14.9 Å². The summed E-state index contributed by atoms with van der Waals surface area (Å²) in [4.78, 5) is 25.5. The zero-order valence-electron chi connectivity index (χ0n) is 23.3. The van der Waals surface area contributed by atoms with E-state index in [0.717, 1.165) is 17.2 Å². The van der Waals surface area contributed by atoms with E-state index in [4.69, 9.17) is 9.47 Å². The number of carbonyl (C=O) groups is 1. The second kappa shape index (κ2) is 11.0. The molecule has 1 aliphatic rings. The van der Waals surface area contributed by atoms with Crippen LogP contribution in [0.1, 0.15) is 48.0 Å². The van der Waals surface area contributed by atoms with Crippen molar-refractivity contribution >= 4 is 21.6 Å². The molecule has 0 saturated carbocycles. The van der Waals surface area contributed by atoms with Gasteiger partial charge in [0, 0.05) is 36.3 Å². The Morgan fingerprint density at radius 1 is 1.10 bits per heavy atom. The average Bonchev–Trinajstić information content (AvgIpc) is 3.20. The van der Waals surface area contributed by atoms with E-state index >= 15 is 0 Å². The van der Waals surface area contributed by atoms with Crippen molar-refractivity contribution in [3.63, 3.8) is 0 Å². The molecule has 214 valence electrons. The van der Waals surface area contributed by atoms with Crippen molar-refractivity contribution in [3.8, 4) is 17.3 Å². The van der Waals surface area contributed by atoms with Gasteiger partial charge in [0.15, 0.2) is 5.69 Å². The molecule has 1 fully saturated rings. The number of non-ortho nitro benzene ring substituents is 1. The summed E-state index contributed by atoms with van der Waals surface area (Å²) in [6.45, 7) is 12.1. The Morgan fingerprint density at radius 2 is 1.77 bits per heavy atom. The molecule has 1 N–H and O–H groups in total. The zero-order chi connectivity index (χ0) is 29.4. The van der Waals surface area contributed by atoms with Gasteiger partial charge < -0.3 is 14.4 Å². The third-order valence-electron chi connectivity index (χ3n) is 6.45. The minimum absolute atomic E-state index is 0.117. The topological polar surface area (TPSA) is 146 Å². The number of morpholine rings is 1. The van der Waals surface area contributed by atoms with E-state index in [1.54, 1.807) is 32.6 Å². The molecule has 12 nitrogen and oxygen atoms in total. The molecule has 2 heterocycles. The Bertz CT molecular complexity index is 1570. The molecule has 0 atom stereocenters. The third kappa shape index (κ3) is 6.01. The van der Waals surface area contributed by atoms with Crippen LogP contribution in [0.4, 0.5) is 5.69 Å². The normalized spacial score (nSPS) is 14.3. The number of nitrogens with one attached hydrogen (secondary N) is 1. The highest BCUT2D eigenvalue weighted by Crippen LogP contribution is 2.37. The molecule has 1 aromatic heterocycles. The van der Waals surface area contributed by atoms with Gasteiger partial charge in [-0.05, 0) is 64.8 Å². The second-order valence-corrected chi connectivity index (χ2v) is 12.3. The number of ether oxygens (including phenoxy) is 2. The molecule has 0 unspecified atom stereocenters. The summed E-state index contributed by atoms with van der Waals surface area (Å²) < 4.78 is 42.4. The predicted octanol–water partition coefficient (Wildman–Crippen LogP) is 4.05. The number of carbonyl (C=O) groups excluding carboxylic acids is 1. The van der Waals surface area contributed by atoms with Gasteiger partial charge in [0.1, 0.15) is 10.6 Å². The molecule has 3 aromatic rings. The van der Waals surface area contributed by atoms with Crippen LogP contribution in [0.3, 0.4) is 0 Å². The zero-order valence-corrected chi connectivity index (χ0v) is 24.2. The van der Waals surface area contributed by atoms with Crippen LogP contribution < -0.4 is 9.46 Å². The van der Waals surface area contributed by atoms with Crippen molar-refractivity contribution < 1.29 is 27.6 Å². The Kier molecular flexibility index (Phi) is 8.01. The van der Waals surface area contributed by atoms with E-state index < -0.39 is 31.1 Å².